The van der Waals surface area contributed by atoms with Crippen molar-refractivity contribution in [2.24, 2.45) is 11.5 Å². The maximum Gasteiger partial charge on any atom is 0.245 e. The predicted octanol–water partition coefficient (Wildman–Crippen LogP) is -0.805. The SMILES string of the molecule is C[C@@H](O)[C@@H](CO)NC(=O)[C@@H]1CSSC[C@H](NC(=O)[C@H](N)Cc2ccccc2)C(=O)N[C@@H](Cc2ccccc2)C(=O)N[C@H](Cc2c[nH]c3ccccc23)C(=O)N[C@@H](CCCCN)C(=O)N[C@H]([C@@H](C)O)C(=O)N1. The van der Waals surface area contributed by atoms with Gasteiger partial charge < -0.3 is 69.0 Å². The van der Waals surface area contributed by atoms with Crippen LogP contribution in [0, 0.1) is 0 Å². The lowest BCUT2D eigenvalue weighted by molar-refractivity contribution is -0.136. The van der Waals surface area contributed by atoms with Crippen LogP contribution in [0.4, 0.5) is 0 Å². The van der Waals surface area contributed by atoms with Crippen LogP contribution in [0.5, 0.6) is 0 Å². The van der Waals surface area contributed by atoms with E-state index in [9.17, 15) is 48.9 Å². The van der Waals surface area contributed by atoms with Crippen molar-refractivity contribution in [2.75, 3.05) is 24.7 Å². The Hall–Kier alpha value is -6.01. The summed E-state index contributed by atoms with van der Waals surface area (Å²) < 4.78 is 0. The van der Waals surface area contributed by atoms with Gasteiger partial charge in [0.1, 0.15) is 36.3 Å². The summed E-state index contributed by atoms with van der Waals surface area (Å²) in [7, 11) is 2.06. The molecule has 1 aromatic heterocycles. The number of carbonyl (C=O) groups excluding carboxylic acids is 7. The van der Waals surface area contributed by atoms with E-state index in [1.165, 1.54) is 13.8 Å². The third-order valence-electron chi connectivity index (χ3n) is 11.9. The molecule has 0 saturated carbocycles. The molecule has 5 rings (SSSR count). The first-order chi connectivity index (χ1) is 34.1. The molecule has 2 heterocycles. The van der Waals surface area contributed by atoms with Gasteiger partial charge in [0.05, 0.1) is 30.9 Å². The second-order valence-corrected chi connectivity index (χ2v) is 20.0. The Morgan fingerprint density at radius 1 is 0.718 bits per heavy atom. The van der Waals surface area contributed by atoms with Crippen LogP contribution < -0.4 is 48.7 Å². The molecular weight excluding hydrogens is 953 g/mol. The van der Waals surface area contributed by atoms with Crippen molar-refractivity contribution in [3.8, 4) is 0 Å². The van der Waals surface area contributed by atoms with Crippen LogP contribution in [0.15, 0.2) is 91.1 Å². The molecule has 10 atom stereocenters. The number of carbonyl (C=O) groups is 7. The molecule has 0 radical (unpaired) electrons. The summed E-state index contributed by atoms with van der Waals surface area (Å²) in [6.07, 6.45) is -0.156. The Morgan fingerprint density at radius 3 is 1.96 bits per heavy atom. The fraction of sp³-hybridized carbons (Fsp3) is 0.449. The average molecular weight is 1020 g/mol. The van der Waals surface area contributed by atoms with Crippen LogP contribution >= 0.6 is 21.6 Å². The number of fused-ring (bicyclic) bond motifs is 1. The fourth-order valence-electron chi connectivity index (χ4n) is 7.73. The Kier molecular flexibility index (Phi) is 22.2. The fourth-order valence-corrected chi connectivity index (χ4v) is 10.1. The molecule has 15 N–H and O–H groups in total. The van der Waals surface area contributed by atoms with Gasteiger partial charge in [0.2, 0.25) is 41.4 Å². The van der Waals surface area contributed by atoms with Gasteiger partial charge >= 0.3 is 0 Å². The molecule has 20 nitrogen and oxygen atoms in total. The van der Waals surface area contributed by atoms with Crippen molar-refractivity contribution >= 4 is 73.8 Å². The number of rotatable bonds is 17. The van der Waals surface area contributed by atoms with Crippen molar-refractivity contribution in [3.63, 3.8) is 0 Å². The molecule has 71 heavy (non-hydrogen) atoms. The minimum atomic E-state index is -1.66. The largest absolute Gasteiger partial charge is 0.394 e. The number of H-pyrrole nitrogens is 1. The molecule has 0 unspecified atom stereocenters. The van der Waals surface area contributed by atoms with Crippen molar-refractivity contribution in [2.45, 2.75) is 113 Å². The maximum absolute atomic E-state index is 14.7. The number of hydrogen-bond acceptors (Lipinski definition) is 14. The second-order valence-electron chi connectivity index (χ2n) is 17.5. The highest BCUT2D eigenvalue weighted by atomic mass is 33.1. The molecule has 0 aliphatic carbocycles. The molecule has 384 valence electrons. The first kappa shape index (κ1) is 55.9. The van der Waals surface area contributed by atoms with Crippen molar-refractivity contribution in [1.29, 1.82) is 0 Å². The lowest BCUT2D eigenvalue weighted by atomic mass is 10.0. The maximum atomic E-state index is 14.7. The number of unbranched alkanes of at least 4 members (excludes halogenated alkanes) is 1. The lowest BCUT2D eigenvalue weighted by Crippen LogP contribution is -2.62. The summed E-state index contributed by atoms with van der Waals surface area (Å²) in [4.78, 5) is 103. The number of para-hydroxylation sites is 1. The van der Waals surface area contributed by atoms with Crippen LogP contribution in [0.1, 0.15) is 49.8 Å². The number of aliphatic hydroxyl groups is 3. The van der Waals surface area contributed by atoms with Gasteiger partial charge in [-0.05, 0) is 68.8 Å². The lowest BCUT2D eigenvalue weighted by Gasteiger charge is -2.29. The van der Waals surface area contributed by atoms with Crippen LogP contribution in [0.3, 0.4) is 0 Å². The van der Waals surface area contributed by atoms with E-state index in [1.807, 2.05) is 30.3 Å². The number of nitrogens with one attached hydrogen (secondary N) is 8. The topological polar surface area (TPSA) is 332 Å². The Balaban J connectivity index is 1.56. The van der Waals surface area contributed by atoms with E-state index in [-0.39, 0.29) is 43.7 Å². The van der Waals surface area contributed by atoms with Crippen LogP contribution in [0.25, 0.3) is 10.9 Å². The molecule has 1 fully saturated rings. The van der Waals surface area contributed by atoms with E-state index < -0.39 is 108 Å². The van der Waals surface area contributed by atoms with E-state index in [1.54, 1.807) is 60.8 Å². The van der Waals surface area contributed by atoms with Gasteiger partial charge in [0, 0.05) is 41.4 Å². The number of amides is 7. The van der Waals surface area contributed by atoms with Gasteiger partial charge in [-0.1, -0.05) is 100 Å². The first-order valence-electron chi connectivity index (χ1n) is 23.5. The molecule has 7 amide bonds. The Bertz CT molecular complexity index is 2400. The average Bonchev–Trinajstić information content (AvgIpc) is 3.76. The highest BCUT2D eigenvalue weighted by Gasteiger charge is 2.36. The summed E-state index contributed by atoms with van der Waals surface area (Å²) in [5.41, 5.74) is 15.0. The number of aliphatic hydroxyl groups excluding tert-OH is 3. The molecule has 1 aliphatic heterocycles. The van der Waals surface area contributed by atoms with Gasteiger partial charge in [-0.15, -0.1) is 0 Å². The number of benzene rings is 3. The van der Waals surface area contributed by atoms with Crippen LogP contribution in [0.2, 0.25) is 0 Å². The zero-order valence-electron chi connectivity index (χ0n) is 39.7. The van der Waals surface area contributed by atoms with E-state index in [0.717, 1.165) is 38.1 Å². The molecule has 3 aromatic carbocycles. The van der Waals surface area contributed by atoms with Crippen LogP contribution in [-0.4, -0.2) is 147 Å². The molecule has 4 aromatic rings. The van der Waals surface area contributed by atoms with Crippen LogP contribution in [-0.2, 0) is 52.8 Å². The summed E-state index contributed by atoms with van der Waals surface area (Å²) in [6, 6.07) is 14.6. The first-order valence-corrected chi connectivity index (χ1v) is 26.0. The minimum Gasteiger partial charge on any atom is -0.394 e. The van der Waals surface area contributed by atoms with Gasteiger partial charge in [-0.2, -0.15) is 0 Å². The number of hydrogen-bond donors (Lipinski definition) is 13. The predicted molar refractivity (Wildman–Crippen MR) is 272 cm³/mol. The molecule has 1 aliphatic rings. The van der Waals surface area contributed by atoms with Crippen molar-refractivity contribution in [3.05, 3.63) is 108 Å². The summed E-state index contributed by atoms with van der Waals surface area (Å²) in [5, 5.41) is 50.5. The number of aromatic amines is 1. The van der Waals surface area contributed by atoms with Crippen molar-refractivity contribution < 1.29 is 48.9 Å². The smallest absolute Gasteiger partial charge is 0.245 e. The van der Waals surface area contributed by atoms with Gasteiger partial charge in [0.25, 0.3) is 0 Å². The minimum absolute atomic E-state index is 0.0340. The summed E-state index contributed by atoms with van der Waals surface area (Å²) >= 11 is 0. The molecular formula is C49H66N10O10S2. The highest BCUT2D eigenvalue weighted by Crippen LogP contribution is 2.24. The van der Waals surface area contributed by atoms with Gasteiger partial charge in [0.15, 0.2) is 0 Å². The third kappa shape index (κ3) is 17.1. The summed E-state index contributed by atoms with van der Waals surface area (Å²) in [5.74, 6) is -6.01. The molecule has 1 saturated heterocycles. The van der Waals surface area contributed by atoms with E-state index >= 15 is 0 Å². The zero-order chi connectivity index (χ0) is 51.5. The summed E-state index contributed by atoms with van der Waals surface area (Å²) in [6.45, 7) is 2.23. The number of aromatic nitrogens is 1. The zero-order valence-corrected chi connectivity index (χ0v) is 41.3. The van der Waals surface area contributed by atoms with E-state index in [2.05, 4.69) is 42.2 Å². The van der Waals surface area contributed by atoms with Crippen molar-refractivity contribution in [1.82, 2.24) is 42.2 Å². The van der Waals surface area contributed by atoms with E-state index in [4.69, 9.17) is 11.5 Å². The standard InChI is InChI=1S/C49H66N10O10S2/c1-28(61)39(25-60)56-48(68)41-27-71-70-26-40(57-43(63)34(51)21-30-13-5-3-6-14-30)47(67)54-37(22-31-15-7-4-8-16-31)45(65)55-38(23-32-24-52-35-18-10-9-17-33(32)35)46(66)53-36(19-11-12-20-50)44(64)59-42(29(2)62)49(69)58-41/h3-10,13-18,24,28-29,34,36-42,52,60-62H,11-12,19-23,25-27,50-51H2,1-2H3,(H,53,66)(H,54,67)(H,55,65)(H,56,68)(H,57,63)(H,58,69)(H,59,64)/t28-,29-,34-,36+,37+,38-,39-,40+,41+,42-/m1/s1. The monoisotopic (exact) mass is 1020 g/mol. The second kappa shape index (κ2) is 28.1. The third-order valence-corrected chi connectivity index (χ3v) is 14.3. The van der Waals surface area contributed by atoms with E-state index in [0.29, 0.717) is 24.0 Å². The number of nitrogens with two attached hydrogens (primary N) is 2. The molecule has 22 heteroatoms. The normalized spacial score (nSPS) is 22.8. The van der Waals surface area contributed by atoms with Gasteiger partial charge in [-0.3, -0.25) is 33.6 Å². The van der Waals surface area contributed by atoms with Gasteiger partial charge in [-0.25, -0.2) is 0 Å². The highest BCUT2D eigenvalue weighted by molar-refractivity contribution is 8.76. The molecule has 0 bridgehead atoms. The quantitative estimate of drug-likeness (QED) is 0.0455. The Morgan fingerprint density at radius 2 is 1.31 bits per heavy atom. The molecule has 0 spiro atoms. The Labute approximate surface area is 420 Å².